The fraction of sp³-hybridized carbons (Fsp3) is 0.278. The molecule has 0 aliphatic carbocycles. The second kappa shape index (κ2) is 7.76. The van der Waals surface area contributed by atoms with Crippen molar-refractivity contribution in [3.63, 3.8) is 0 Å². The third kappa shape index (κ3) is 4.54. The topological polar surface area (TPSA) is 118 Å². The van der Waals surface area contributed by atoms with E-state index in [0.29, 0.717) is 12.0 Å². The van der Waals surface area contributed by atoms with Crippen LogP contribution in [0.4, 0.5) is 11.4 Å². The molecular weight excluding hydrogens is 322 g/mol. The van der Waals surface area contributed by atoms with Crippen molar-refractivity contribution in [2.24, 2.45) is 0 Å². The number of amides is 1. The fourth-order valence-electron chi connectivity index (χ4n) is 2.53. The van der Waals surface area contributed by atoms with Gasteiger partial charge in [-0.1, -0.05) is 30.3 Å². The molecule has 7 heteroatoms. The van der Waals surface area contributed by atoms with Crippen LogP contribution in [0.1, 0.15) is 28.4 Å². The van der Waals surface area contributed by atoms with Gasteiger partial charge in [0.25, 0.3) is 11.6 Å². The molecule has 0 heterocycles. The van der Waals surface area contributed by atoms with Crippen molar-refractivity contribution in [2.45, 2.75) is 32.4 Å². The van der Waals surface area contributed by atoms with Crippen LogP contribution in [0.3, 0.4) is 0 Å². The lowest BCUT2D eigenvalue weighted by atomic mass is 10.0. The molecule has 0 aromatic heterocycles. The predicted molar refractivity (Wildman–Crippen MR) is 95.3 cm³/mol. The van der Waals surface area contributed by atoms with Crippen LogP contribution in [-0.2, 0) is 6.42 Å². The van der Waals surface area contributed by atoms with E-state index in [9.17, 15) is 20.0 Å². The number of nitrogens with two attached hydrogens (primary N) is 1. The summed E-state index contributed by atoms with van der Waals surface area (Å²) in [5, 5.41) is 24.0. The minimum Gasteiger partial charge on any atom is -0.393 e. The molecule has 0 spiro atoms. The van der Waals surface area contributed by atoms with Gasteiger partial charge in [-0.25, -0.2) is 0 Å². The number of aryl methyl sites for hydroxylation is 1. The lowest BCUT2D eigenvalue weighted by Gasteiger charge is -2.21. The van der Waals surface area contributed by atoms with Crippen LogP contribution in [0.15, 0.2) is 42.5 Å². The average molecular weight is 343 g/mol. The highest BCUT2D eigenvalue weighted by Crippen LogP contribution is 2.27. The second-order valence-corrected chi connectivity index (χ2v) is 6.02. The van der Waals surface area contributed by atoms with Crippen LogP contribution in [0, 0.1) is 17.0 Å². The van der Waals surface area contributed by atoms with Crippen molar-refractivity contribution in [1.29, 1.82) is 0 Å². The minimum atomic E-state index is -0.799. The molecule has 2 rings (SSSR count). The number of nitrogens with one attached hydrogen (secondary N) is 1. The normalized spacial score (nSPS) is 13.1. The van der Waals surface area contributed by atoms with E-state index >= 15 is 0 Å². The van der Waals surface area contributed by atoms with Gasteiger partial charge in [-0.2, -0.15) is 0 Å². The molecule has 0 saturated heterocycles. The monoisotopic (exact) mass is 343 g/mol. The van der Waals surface area contributed by atoms with Crippen LogP contribution in [-0.4, -0.2) is 28.1 Å². The van der Waals surface area contributed by atoms with Crippen molar-refractivity contribution in [3.05, 3.63) is 69.3 Å². The second-order valence-electron chi connectivity index (χ2n) is 6.02. The Morgan fingerprint density at radius 1 is 1.32 bits per heavy atom. The number of rotatable bonds is 6. The molecule has 0 saturated carbocycles. The van der Waals surface area contributed by atoms with E-state index in [1.54, 1.807) is 13.8 Å². The van der Waals surface area contributed by atoms with E-state index in [1.165, 1.54) is 12.1 Å². The number of hydrogen-bond acceptors (Lipinski definition) is 5. The number of anilines is 1. The molecule has 0 radical (unpaired) electrons. The van der Waals surface area contributed by atoms with Gasteiger partial charge in [0, 0.05) is 12.5 Å². The Labute approximate surface area is 145 Å². The predicted octanol–water partition coefficient (Wildman–Crippen LogP) is 2.21. The molecule has 0 fully saturated rings. The van der Waals surface area contributed by atoms with E-state index in [1.807, 2.05) is 30.3 Å². The zero-order valence-corrected chi connectivity index (χ0v) is 14.1. The Morgan fingerprint density at radius 2 is 1.96 bits per heavy atom. The van der Waals surface area contributed by atoms with Gasteiger partial charge in [-0.3, -0.25) is 14.9 Å². The molecule has 132 valence electrons. The number of nitrogens with zero attached hydrogens (tertiary/aromatic N) is 1. The Kier molecular flexibility index (Phi) is 5.71. The quantitative estimate of drug-likeness (QED) is 0.422. The Hall–Kier alpha value is -2.93. The molecule has 1 amide bonds. The molecule has 2 aromatic rings. The Balaban J connectivity index is 2.12. The van der Waals surface area contributed by atoms with Gasteiger partial charge >= 0.3 is 0 Å². The zero-order chi connectivity index (χ0) is 18.6. The van der Waals surface area contributed by atoms with Crippen molar-refractivity contribution in [1.82, 2.24) is 5.32 Å². The summed E-state index contributed by atoms with van der Waals surface area (Å²) in [6, 6.07) is 11.7. The molecule has 0 aliphatic heterocycles. The van der Waals surface area contributed by atoms with Gasteiger partial charge < -0.3 is 16.2 Å². The average Bonchev–Trinajstić information content (AvgIpc) is 2.57. The first-order chi connectivity index (χ1) is 11.8. The zero-order valence-electron chi connectivity index (χ0n) is 14.1. The summed E-state index contributed by atoms with van der Waals surface area (Å²) in [5.41, 5.74) is 6.82. The Morgan fingerprint density at radius 3 is 2.56 bits per heavy atom. The van der Waals surface area contributed by atoms with Crippen LogP contribution in [0.25, 0.3) is 0 Å². The van der Waals surface area contributed by atoms with Crippen LogP contribution in [0.2, 0.25) is 0 Å². The summed E-state index contributed by atoms with van der Waals surface area (Å²) < 4.78 is 0. The molecular formula is C18H21N3O4. The standard InChI is InChI=1S/C18H21N3O4/c1-11-8-14(17(19)15(9-11)21(24)25)18(23)20-12(2)16(22)10-13-6-4-3-5-7-13/h3-9,12,16,22H,10,19H2,1-2H3,(H,20,23). The highest BCUT2D eigenvalue weighted by Gasteiger charge is 2.23. The minimum absolute atomic E-state index is 0.0328. The third-order valence-electron chi connectivity index (χ3n) is 3.97. The van der Waals surface area contributed by atoms with E-state index in [-0.39, 0.29) is 16.9 Å². The summed E-state index contributed by atoms with van der Waals surface area (Å²) in [7, 11) is 0. The number of hydrogen-bond donors (Lipinski definition) is 3. The first-order valence-electron chi connectivity index (χ1n) is 7.87. The van der Waals surface area contributed by atoms with Crippen LogP contribution in [0.5, 0.6) is 0 Å². The number of nitrogen functional groups attached to an aromatic ring is 1. The van der Waals surface area contributed by atoms with Gasteiger partial charge in [0.15, 0.2) is 0 Å². The summed E-state index contributed by atoms with van der Waals surface area (Å²) in [5.74, 6) is -0.552. The van der Waals surface area contributed by atoms with Gasteiger partial charge in [-0.15, -0.1) is 0 Å². The summed E-state index contributed by atoms with van der Waals surface area (Å²) >= 11 is 0. The molecule has 25 heavy (non-hydrogen) atoms. The van der Waals surface area contributed by atoms with Gasteiger partial charge in [0.1, 0.15) is 5.69 Å². The highest BCUT2D eigenvalue weighted by atomic mass is 16.6. The van der Waals surface area contributed by atoms with Gasteiger partial charge in [0.05, 0.1) is 22.6 Å². The third-order valence-corrected chi connectivity index (χ3v) is 3.97. The summed E-state index contributed by atoms with van der Waals surface area (Å²) in [4.78, 5) is 22.9. The maximum atomic E-state index is 12.4. The van der Waals surface area contributed by atoms with Gasteiger partial charge in [-0.05, 0) is 31.0 Å². The lowest BCUT2D eigenvalue weighted by molar-refractivity contribution is -0.384. The van der Waals surface area contributed by atoms with Crippen LogP contribution >= 0.6 is 0 Å². The van der Waals surface area contributed by atoms with E-state index in [0.717, 1.165) is 5.56 Å². The summed E-state index contributed by atoms with van der Waals surface area (Å²) in [6.45, 7) is 3.32. The number of aliphatic hydroxyl groups excluding tert-OH is 1. The number of aliphatic hydroxyl groups is 1. The largest absolute Gasteiger partial charge is 0.393 e. The van der Waals surface area contributed by atoms with Crippen molar-refractivity contribution in [2.75, 3.05) is 5.73 Å². The van der Waals surface area contributed by atoms with Crippen LogP contribution < -0.4 is 11.1 Å². The van der Waals surface area contributed by atoms with Gasteiger partial charge in [0.2, 0.25) is 0 Å². The molecule has 2 unspecified atom stereocenters. The number of nitro benzene ring substituents is 1. The molecule has 7 nitrogen and oxygen atoms in total. The van der Waals surface area contributed by atoms with E-state index in [4.69, 9.17) is 5.73 Å². The number of benzene rings is 2. The van der Waals surface area contributed by atoms with Crippen molar-refractivity contribution in [3.8, 4) is 0 Å². The van der Waals surface area contributed by atoms with Crippen molar-refractivity contribution < 1.29 is 14.8 Å². The number of carbonyl (C=O) groups is 1. The van der Waals surface area contributed by atoms with E-state index < -0.39 is 23.0 Å². The molecule has 0 bridgehead atoms. The van der Waals surface area contributed by atoms with E-state index in [2.05, 4.69) is 5.32 Å². The molecule has 0 aliphatic rings. The molecule has 2 aromatic carbocycles. The molecule has 2 atom stereocenters. The SMILES string of the molecule is Cc1cc(C(=O)NC(C)C(O)Cc2ccccc2)c(N)c([N+](=O)[O-])c1. The smallest absolute Gasteiger partial charge is 0.293 e. The number of carbonyl (C=O) groups excluding carboxylic acids is 1. The fourth-order valence-corrected chi connectivity index (χ4v) is 2.53. The highest BCUT2D eigenvalue weighted by molar-refractivity contribution is 6.01. The van der Waals surface area contributed by atoms with Crippen molar-refractivity contribution >= 4 is 17.3 Å². The maximum Gasteiger partial charge on any atom is 0.293 e. The lowest BCUT2D eigenvalue weighted by Crippen LogP contribution is -2.42. The Bertz CT molecular complexity index is 777. The number of nitro groups is 1. The first kappa shape index (κ1) is 18.4. The first-order valence-corrected chi connectivity index (χ1v) is 7.87. The summed E-state index contributed by atoms with van der Waals surface area (Å²) in [6.07, 6.45) is -0.418. The maximum absolute atomic E-state index is 12.4. The molecule has 4 N–H and O–H groups in total.